The third-order valence-corrected chi connectivity index (χ3v) is 7.00. The highest BCUT2D eigenvalue weighted by Crippen LogP contribution is 2.37. The van der Waals surface area contributed by atoms with Crippen molar-refractivity contribution in [3.05, 3.63) is 0 Å². The predicted octanol–water partition coefficient (Wildman–Crippen LogP) is 4.79. The molecule has 0 atom stereocenters. The molecule has 0 N–H and O–H groups in total. The van der Waals surface area contributed by atoms with Gasteiger partial charge >= 0.3 is 0 Å². The van der Waals surface area contributed by atoms with Gasteiger partial charge in [0, 0.05) is 18.6 Å². The Bertz CT molecular complexity index is 353. The Kier molecular flexibility index (Phi) is 5.73. The third-order valence-electron chi connectivity index (χ3n) is 7.00. The van der Waals surface area contributed by atoms with E-state index in [1.807, 2.05) is 0 Å². The Labute approximate surface area is 145 Å². The van der Waals surface area contributed by atoms with Crippen LogP contribution >= 0.6 is 0 Å². The van der Waals surface area contributed by atoms with Crippen molar-refractivity contribution >= 4 is 0 Å². The van der Waals surface area contributed by atoms with Crippen LogP contribution in [0.1, 0.15) is 79.1 Å². The maximum absolute atomic E-state index is 2.82. The van der Waals surface area contributed by atoms with Crippen molar-refractivity contribution in [1.82, 2.24) is 9.80 Å². The second-order valence-corrected chi connectivity index (χ2v) is 9.68. The van der Waals surface area contributed by atoms with Crippen LogP contribution in [0.5, 0.6) is 0 Å². The van der Waals surface area contributed by atoms with Crippen molar-refractivity contribution in [3.8, 4) is 0 Å². The fraction of sp³-hybridized carbons (Fsp3) is 1.00. The Morgan fingerprint density at radius 2 is 1.35 bits per heavy atom. The monoisotopic (exact) mass is 320 g/mol. The average molecular weight is 321 g/mol. The molecule has 0 spiro atoms. The lowest BCUT2D eigenvalue weighted by atomic mass is 9.75. The molecule has 2 nitrogen and oxygen atoms in total. The van der Waals surface area contributed by atoms with Crippen molar-refractivity contribution in [2.24, 2.45) is 17.3 Å². The number of rotatable bonds is 5. The van der Waals surface area contributed by atoms with Gasteiger partial charge in [-0.15, -0.1) is 0 Å². The number of hydrogen-bond acceptors (Lipinski definition) is 2. The molecule has 1 saturated heterocycles. The van der Waals surface area contributed by atoms with E-state index < -0.39 is 0 Å². The van der Waals surface area contributed by atoms with E-state index in [2.05, 4.69) is 37.5 Å². The van der Waals surface area contributed by atoms with Crippen LogP contribution < -0.4 is 0 Å². The average Bonchev–Trinajstić information content (AvgIpc) is 3.34. The van der Waals surface area contributed by atoms with E-state index in [1.54, 1.807) is 0 Å². The molecule has 23 heavy (non-hydrogen) atoms. The molecule has 3 rings (SSSR count). The van der Waals surface area contributed by atoms with Crippen LogP contribution in [0, 0.1) is 17.3 Å². The lowest BCUT2D eigenvalue weighted by molar-refractivity contribution is 0.0803. The molecule has 0 amide bonds. The Balaban J connectivity index is 1.38. The molecule has 0 aromatic carbocycles. The van der Waals surface area contributed by atoms with Crippen LogP contribution in [-0.4, -0.2) is 48.1 Å². The zero-order valence-electron chi connectivity index (χ0n) is 16.2. The predicted molar refractivity (Wildman–Crippen MR) is 99.8 cm³/mol. The summed E-state index contributed by atoms with van der Waals surface area (Å²) in [6.45, 7) is 15.0. The van der Waals surface area contributed by atoms with Crippen molar-refractivity contribution < 1.29 is 0 Å². The molecule has 1 aliphatic heterocycles. The first-order valence-electron chi connectivity index (χ1n) is 10.5. The molecule has 2 aliphatic carbocycles. The van der Waals surface area contributed by atoms with Crippen LogP contribution in [0.2, 0.25) is 0 Å². The molecule has 0 aromatic heterocycles. The quantitative estimate of drug-likeness (QED) is 0.719. The number of hydrogen-bond donors (Lipinski definition) is 0. The summed E-state index contributed by atoms with van der Waals surface area (Å²) in [5.74, 6) is 1.92. The van der Waals surface area contributed by atoms with E-state index in [9.17, 15) is 0 Å². The first-order valence-corrected chi connectivity index (χ1v) is 10.5. The van der Waals surface area contributed by atoms with Crippen LogP contribution in [0.15, 0.2) is 0 Å². The van der Waals surface area contributed by atoms with E-state index in [-0.39, 0.29) is 0 Å². The van der Waals surface area contributed by atoms with Crippen molar-refractivity contribution in [2.75, 3.05) is 26.2 Å². The van der Waals surface area contributed by atoms with Crippen LogP contribution in [0.3, 0.4) is 0 Å². The fourth-order valence-electron chi connectivity index (χ4n) is 5.23. The highest BCUT2D eigenvalue weighted by molar-refractivity contribution is 4.91. The van der Waals surface area contributed by atoms with Gasteiger partial charge in [-0.3, -0.25) is 4.90 Å². The summed E-state index contributed by atoms with van der Waals surface area (Å²) >= 11 is 0. The van der Waals surface area contributed by atoms with Gasteiger partial charge in [0.05, 0.1) is 0 Å². The number of nitrogens with zero attached hydrogens (tertiary/aromatic N) is 2. The topological polar surface area (TPSA) is 6.48 Å². The summed E-state index contributed by atoms with van der Waals surface area (Å²) in [4.78, 5) is 5.61. The van der Waals surface area contributed by atoms with Crippen LogP contribution in [0.25, 0.3) is 0 Å². The zero-order chi connectivity index (χ0) is 16.4. The molecular weight excluding hydrogens is 280 g/mol. The maximum atomic E-state index is 2.82. The molecule has 1 heterocycles. The van der Waals surface area contributed by atoms with Crippen LogP contribution in [-0.2, 0) is 0 Å². The van der Waals surface area contributed by atoms with Crippen molar-refractivity contribution in [3.63, 3.8) is 0 Å². The van der Waals surface area contributed by atoms with Gasteiger partial charge in [0.25, 0.3) is 0 Å². The Morgan fingerprint density at radius 3 is 1.78 bits per heavy atom. The van der Waals surface area contributed by atoms with E-state index >= 15 is 0 Å². The summed E-state index contributed by atoms with van der Waals surface area (Å²) in [5.41, 5.74) is 0.510. The van der Waals surface area contributed by atoms with Crippen molar-refractivity contribution in [1.29, 1.82) is 0 Å². The highest BCUT2D eigenvalue weighted by atomic mass is 15.2. The molecule has 0 aromatic rings. The van der Waals surface area contributed by atoms with Gasteiger partial charge in [0.2, 0.25) is 0 Å². The summed E-state index contributed by atoms with van der Waals surface area (Å²) in [6.07, 6.45) is 11.7. The van der Waals surface area contributed by atoms with E-state index in [4.69, 9.17) is 0 Å². The van der Waals surface area contributed by atoms with Crippen LogP contribution in [0.4, 0.5) is 0 Å². The molecule has 0 unspecified atom stereocenters. The summed E-state index contributed by atoms with van der Waals surface area (Å²) < 4.78 is 0. The molecule has 3 aliphatic rings. The SMILES string of the molecule is CCN(C1CCC(CN2CCC(C(C)(C)C)CC2)CC1)C1CC1. The largest absolute Gasteiger partial charge is 0.303 e. The first-order chi connectivity index (χ1) is 11.0. The van der Waals surface area contributed by atoms with Gasteiger partial charge in [0.15, 0.2) is 0 Å². The molecular formula is C21H40N2. The van der Waals surface area contributed by atoms with Gasteiger partial charge in [-0.2, -0.15) is 0 Å². The molecule has 3 fully saturated rings. The number of piperidine rings is 1. The summed E-state index contributed by atoms with van der Waals surface area (Å²) in [5, 5.41) is 0. The van der Waals surface area contributed by atoms with Crippen molar-refractivity contribution in [2.45, 2.75) is 91.1 Å². The van der Waals surface area contributed by atoms with Gasteiger partial charge in [-0.1, -0.05) is 27.7 Å². The number of likely N-dealkylation sites (tertiary alicyclic amines) is 1. The van der Waals surface area contributed by atoms with Gasteiger partial charge < -0.3 is 4.90 Å². The molecule has 134 valence electrons. The maximum Gasteiger partial charge on any atom is 0.00992 e. The van der Waals surface area contributed by atoms with Gasteiger partial charge in [-0.25, -0.2) is 0 Å². The smallest absolute Gasteiger partial charge is 0.00992 e. The van der Waals surface area contributed by atoms with Gasteiger partial charge in [0.1, 0.15) is 0 Å². The Hall–Kier alpha value is -0.0800. The minimum absolute atomic E-state index is 0.510. The molecule has 0 bridgehead atoms. The lowest BCUT2D eigenvalue weighted by Gasteiger charge is -2.41. The van der Waals surface area contributed by atoms with E-state index in [0.29, 0.717) is 5.41 Å². The normalized spacial score (nSPS) is 31.7. The lowest BCUT2D eigenvalue weighted by Crippen LogP contribution is -2.43. The van der Waals surface area contributed by atoms with E-state index in [0.717, 1.165) is 23.9 Å². The zero-order valence-corrected chi connectivity index (χ0v) is 16.2. The minimum Gasteiger partial charge on any atom is -0.303 e. The molecule has 2 heteroatoms. The van der Waals surface area contributed by atoms with E-state index in [1.165, 1.54) is 77.5 Å². The second-order valence-electron chi connectivity index (χ2n) is 9.68. The first kappa shape index (κ1) is 17.7. The second kappa shape index (κ2) is 7.44. The molecule has 2 saturated carbocycles. The van der Waals surface area contributed by atoms with Gasteiger partial charge in [-0.05, 0) is 88.3 Å². The minimum atomic E-state index is 0.510. The summed E-state index contributed by atoms with van der Waals surface area (Å²) in [7, 11) is 0. The summed E-state index contributed by atoms with van der Waals surface area (Å²) in [6, 6.07) is 1.87. The molecule has 0 radical (unpaired) electrons. The Morgan fingerprint density at radius 1 is 0.826 bits per heavy atom. The standard InChI is InChI=1S/C21H40N2/c1-5-23(20-10-11-20)19-8-6-17(7-9-19)16-22-14-12-18(13-15-22)21(2,3)4/h17-20H,5-16H2,1-4H3. The highest BCUT2D eigenvalue weighted by Gasteiger charge is 2.35. The third kappa shape index (κ3) is 4.72. The fourth-order valence-corrected chi connectivity index (χ4v) is 5.23.